The molecule has 0 spiro atoms. The molecule has 1 N–H and O–H groups in total. The van der Waals surface area contributed by atoms with Crippen molar-refractivity contribution in [3.05, 3.63) is 85.3 Å². The van der Waals surface area contributed by atoms with Gasteiger partial charge < -0.3 is 5.32 Å². The highest BCUT2D eigenvalue weighted by atomic mass is 79.9. The molecule has 0 radical (unpaired) electrons. The summed E-state index contributed by atoms with van der Waals surface area (Å²) in [6.45, 7) is 0.263. The lowest BCUT2D eigenvalue weighted by Crippen LogP contribution is -2.07. The van der Waals surface area contributed by atoms with Crippen molar-refractivity contribution in [3.63, 3.8) is 0 Å². The topological polar surface area (TPSA) is 12.0 Å². The highest BCUT2D eigenvalue weighted by Crippen LogP contribution is 2.36. The molecule has 0 heterocycles. The summed E-state index contributed by atoms with van der Waals surface area (Å²) in [4.78, 5) is 0. The molecule has 0 fully saturated rings. The molecule has 0 saturated heterocycles. The van der Waals surface area contributed by atoms with Crippen LogP contribution in [0.3, 0.4) is 0 Å². The molecule has 3 aromatic rings. The number of rotatable bonds is 4. The first kappa shape index (κ1) is 21.3. The molecule has 1 nitrogen and oxygen atoms in total. The Bertz CT molecular complexity index is 982. The normalized spacial score (nSPS) is 11.5. The third kappa shape index (κ3) is 4.95. The predicted molar refractivity (Wildman–Crippen MR) is 113 cm³/mol. The Morgan fingerprint density at radius 3 is 2.11 bits per heavy atom. The summed E-state index contributed by atoms with van der Waals surface area (Å²) in [6, 6.07) is 14.7. The first-order valence-electron chi connectivity index (χ1n) is 7.99. The van der Waals surface area contributed by atoms with Crippen molar-refractivity contribution in [1.82, 2.24) is 0 Å². The maximum Gasteiger partial charge on any atom is 0.416 e. The average Bonchev–Trinajstić information content (AvgIpc) is 2.61. The second-order valence-electron chi connectivity index (χ2n) is 5.97. The number of nitrogens with one attached hydrogen (secondary N) is 1. The molecule has 0 saturated carbocycles. The van der Waals surface area contributed by atoms with Gasteiger partial charge in [0.1, 0.15) is 0 Å². The van der Waals surface area contributed by atoms with Crippen molar-refractivity contribution in [3.8, 4) is 11.1 Å². The van der Waals surface area contributed by atoms with Crippen molar-refractivity contribution < 1.29 is 13.2 Å². The maximum absolute atomic E-state index is 12.8. The van der Waals surface area contributed by atoms with E-state index in [1.165, 1.54) is 0 Å². The van der Waals surface area contributed by atoms with E-state index in [1.54, 1.807) is 12.1 Å². The second kappa shape index (κ2) is 8.54. The van der Waals surface area contributed by atoms with Crippen LogP contribution in [-0.4, -0.2) is 0 Å². The van der Waals surface area contributed by atoms with E-state index in [9.17, 15) is 13.2 Å². The standard InChI is InChI=1S/C20H12BrCl3F3N/c21-17-7-12(20(25,26)27)8-18(23)16(17)10-28-14-4-1-11(2-5-14)15-6-3-13(22)9-19(15)24/h1-9,28H,10H2. The molecule has 0 unspecified atom stereocenters. The van der Waals surface area contributed by atoms with E-state index in [-0.39, 0.29) is 11.6 Å². The van der Waals surface area contributed by atoms with Crippen LogP contribution in [0.2, 0.25) is 15.1 Å². The fraction of sp³-hybridized carbons (Fsp3) is 0.100. The molecular formula is C20H12BrCl3F3N. The Morgan fingerprint density at radius 1 is 0.857 bits per heavy atom. The van der Waals surface area contributed by atoms with Crippen LogP contribution in [-0.2, 0) is 12.7 Å². The molecule has 8 heteroatoms. The summed E-state index contributed by atoms with van der Waals surface area (Å²) in [7, 11) is 0. The number of benzene rings is 3. The molecule has 0 atom stereocenters. The van der Waals surface area contributed by atoms with Crippen LogP contribution in [0.15, 0.2) is 59.1 Å². The first-order chi connectivity index (χ1) is 13.1. The average molecular weight is 510 g/mol. The van der Waals surface area contributed by atoms with Crippen LogP contribution in [0.25, 0.3) is 11.1 Å². The van der Waals surface area contributed by atoms with Gasteiger partial charge in [0.05, 0.1) is 5.56 Å². The predicted octanol–water partition coefficient (Wildman–Crippen LogP) is 8.71. The van der Waals surface area contributed by atoms with Gasteiger partial charge in [-0.3, -0.25) is 0 Å². The third-order valence-corrected chi connectivity index (χ3v) is 5.66. The lowest BCUT2D eigenvalue weighted by Gasteiger charge is -2.14. The third-order valence-electron chi connectivity index (χ3n) is 4.06. The van der Waals surface area contributed by atoms with E-state index < -0.39 is 11.7 Å². The smallest absolute Gasteiger partial charge is 0.381 e. The monoisotopic (exact) mass is 507 g/mol. The van der Waals surface area contributed by atoms with Gasteiger partial charge in [-0.1, -0.05) is 68.9 Å². The largest absolute Gasteiger partial charge is 0.416 e. The molecule has 0 aliphatic heterocycles. The van der Waals surface area contributed by atoms with E-state index in [2.05, 4.69) is 21.2 Å². The summed E-state index contributed by atoms with van der Waals surface area (Å²) in [6.07, 6.45) is -4.45. The zero-order chi connectivity index (χ0) is 20.5. The minimum absolute atomic E-state index is 0.0405. The number of alkyl halides is 3. The lowest BCUT2D eigenvalue weighted by atomic mass is 10.1. The van der Waals surface area contributed by atoms with Gasteiger partial charge in [-0.2, -0.15) is 13.2 Å². The Labute approximate surface area is 183 Å². The van der Waals surface area contributed by atoms with Gasteiger partial charge in [-0.15, -0.1) is 0 Å². The summed E-state index contributed by atoms with van der Waals surface area (Å²) in [5, 5.41) is 4.30. The summed E-state index contributed by atoms with van der Waals surface area (Å²) in [5.74, 6) is 0. The lowest BCUT2D eigenvalue weighted by molar-refractivity contribution is -0.137. The van der Waals surface area contributed by atoms with Crippen molar-refractivity contribution >= 4 is 56.4 Å². The molecule has 3 rings (SSSR count). The number of hydrogen-bond donors (Lipinski definition) is 1. The van der Waals surface area contributed by atoms with Gasteiger partial charge in [0.15, 0.2) is 0 Å². The second-order valence-corrected chi connectivity index (χ2v) is 8.08. The Morgan fingerprint density at radius 2 is 1.54 bits per heavy atom. The van der Waals surface area contributed by atoms with Gasteiger partial charge in [0, 0.05) is 42.9 Å². The molecule has 3 aromatic carbocycles. The van der Waals surface area contributed by atoms with Crippen molar-refractivity contribution in [1.29, 1.82) is 0 Å². The highest BCUT2D eigenvalue weighted by molar-refractivity contribution is 9.10. The van der Waals surface area contributed by atoms with E-state index in [0.717, 1.165) is 28.9 Å². The molecule has 0 amide bonds. The van der Waals surface area contributed by atoms with Crippen molar-refractivity contribution in [2.24, 2.45) is 0 Å². The van der Waals surface area contributed by atoms with Crippen LogP contribution in [0, 0.1) is 0 Å². The summed E-state index contributed by atoms with van der Waals surface area (Å²) < 4.78 is 38.8. The zero-order valence-electron chi connectivity index (χ0n) is 14.0. The van der Waals surface area contributed by atoms with E-state index in [4.69, 9.17) is 34.8 Å². The Balaban J connectivity index is 1.75. The van der Waals surface area contributed by atoms with Crippen molar-refractivity contribution in [2.45, 2.75) is 12.7 Å². The number of halogens is 7. The highest BCUT2D eigenvalue weighted by Gasteiger charge is 2.31. The van der Waals surface area contributed by atoms with Gasteiger partial charge in [0.25, 0.3) is 0 Å². The maximum atomic E-state index is 12.8. The number of anilines is 1. The van der Waals surface area contributed by atoms with Crippen molar-refractivity contribution in [2.75, 3.05) is 5.32 Å². The van der Waals surface area contributed by atoms with Crippen LogP contribution < -0.4 is 5.32 Å². The fourth-order valence-electron chi connectivity index (χ4n) is 2.62. The molecule has 0 aliphatic carbocycles. The molecular weight excluding hydrogens is 497 g/mol. The van der Waals surface area contributed by atoms with Crippen LogP contribution in [0.5, 0.6) is 0 Å². The van der Waals surface area contributed by atoms with E-state index in [0.29, 0.717) is 20.1 Å². The molecule has 0 aliphatic rings. The molecule has 28 heavy (non-hydrogen) atoms. The summed E-state index contributed by atoms with van der Waals surface area (Å²) in [5.41, 5.74) is 2.31. The Kier molecular flexibility index (Phi) is 6.50. The van der Waals surface area contributed by atoms with Gasteiger partial charge in [0.2, 0.25) is 0 Å². The van der Waals surface area contributed by atoms with E-state index >= 15 is 0 Å². The first-order valence-corrected chi connectivity index (χ1v) is 9.92. The van der Waals surface area contributed by atoms with Gasteiger partial charge in [-0.25, -0.2) is 0 Å². The van der Waals surface area contributed by atoms with Gasteiger partial charge >= 0.3 is 6.18 Å². The summed E-state index contributed by atoms with van der Waals surface area (Å²) >= 11 is 21.4. The number of hydrogen-bond acceptors (Lipinski definition) is 1. The minimum atomic E-state index is -4.45. The SMILES string of the molecule is FC(F)(F)c1cc(Cl)c(CNc2ccc(-c3ccc(Cl)cc3Cl)cc2)c(Br)c1. The fourth-order valence-corrected chi connectivity index (χ4v) is 4.14. The van der Waals surface area contributed by atoms with Crippen LogP contribution in [0.1, 0.15) is 11.1 Å². The molecule has 146 valence electrons. The van der Waals surface area contributed by atoms with Crippen LogP contribution >= 0.6 is 50.7 Å². The van der Waals surface area contributed by atoms with Gasteiger partial charge in [-0.05, 0) is 42.0 Å². The molecule has 0 aromatic heterocycles. The zero-order valence-corrected chi connectivity index (χ0v) is 17.9. The quantitative estimate of drug-likeness (QED) is 0.371. The Hall–Kier alpha value is -1.40. The van der Waals surface area contributed by atoms with E-state index in [1.807, 2.05) is 30.3 Å². The minimum Gasteiger partial charge on any atom is -0.381 e. The molecule has 0 bridgehead atoms. The van der Waals surface area contributed by atoms with Crippen LogP contribution in [0.4, 0.5) is 18.9 Å².